The van der Waals surface area contributed by atoms with Crippen molar-refractivity contribution in [3.63, 3.8) is 0 Å². The van der Waals surface area contributed by atoms with Crippen molar-refractivity contribution >= 4 is 54.0 Å². The highest BCUT2D eigenvalue weighted by molar-refractivity contribution is 7.26. The molecule has 0 atom stereocenters. The average molecular weight is 318 g/mol. The number of benzene rings is 2. The molecule has 2 nitrogen and oxygen atoms in total. The van der Waals surface area contributed by atoms with Crippen LogP contribution in [0.1, 0.15) is 0 Å². The maximum atomic E-state index is 13.4. The fourth-order valence-electron chi connectivity index (χ4n) is 2.64. The highest BCUT2D eigenvalue weighted by Crippen LogP contribution is 2.42. The Morgan fingerprint density at radius 1 is 1.19 bits per heavy atom. The first-order valence-corrected chi connectivity index (χ1v) is 7.52. The molecule has 21 heavy (non-hydrogen) atoms. The van der Waals surface area contributed by atoms with E-state index in [0.717, 1.165) is 31.1 Å². The van der Waals surface area contributed by atoms with Gasteiger partial charge in [-0.2, -0.15) is 0 Å². The number of aromatic nitrogens is 1. The third-order valence-electron chi connectivity index (χ3n) is 3.54. The van der Waals surface area contributed by atoms with Gasteiger partial charge in [-0.05, 0) is 24.3 Å². The van der Waals surface area contributed by atoms with Gasteiger partial charge in [0.25, 0.3) is 0 Å². The number of para-hydroxylation sites is 1. The minimum Gasteiger partial charge on any atom is -0.494 e. The monoisotopic (exact) mass is 317 g/mol. The molecular formula is C16H9ClFNOS. The van der Waals surface area contributed by atoms with E-state index >= 15 is 0 Å². The van der Waals surface area contributed by atoms with Gasteiger partial charge in [-0.15, -0.1) is 11.3 Å². The second-order valence-corrected chi connectivity index (χ2v) is 6.12. The van der Waals surface area contributed by atoms with Crippen LogP contribution in [0.25, 0.3) is 31.1 Å². The lowest BCUT2D eigenvalue weighted by molar-refractivity contribution is 0.419. The van der Waals surface area contributed by atoms with Gasteiger partial charge < -0.3 is 4.74 Å². The second kappa shape index (κ2) is 4.55. The summed E-state index contributed by atoms with van der Waals surface area (Å²) in [5.41, 5.74) is 0.724. The zero-order valence-electron chi connectivity index (χ0n) is 11.0. The number of ether oxygens (including phenoxy) is 1. The van der Waals surface area contributed by atoms with Gasteiger partial charge in [0.2, 0.25) is 0 Å². The number of rotatable bonds is 1. The Morgan fingerprint density at radius 2 is 2.05 bits per heavy atom. The molecule has 2 heterocycles. The predicted molar refractivity (Wildman–Crippen MR) is 86.2 cm³/mol. The summed E-state index contributed by atoms with van der Waals surface area (Å²) in [4.78, 5) is 4.45. The van der Waals surface area contributed by atoms with E-state index in [9.17, 15) is 4.39 Å². The largest absolute Gasteiger partial charge is 0.494 e. The zero-order valence-corrected chi connectivity index (χ0v) is 12.6. The molecule has 0 aliphatic carbocycles. The van der Waals surface area contributed by atoms with Crippen LogP contribution in [-0.4, -0.2) is 12.1 Å². The molecule has 5 heteroatoms. The van der Waals surface area contributed by atoms with Crippen molar-refractivity contribution < 1.29 is 9.13 Å². The lowest BCUT2D eigenvalue weighted by Gasteiger charge is -2.06. The molecule has 2 aromatic heterocycles. The van der Waals surface area contributed by atoms with Gasteiger partial charge in [-0.3, -0.25) is 0 Å². The number of hydrogen-bond acceptors (Lipinski definition) is 3. The zero-order chi connectivity index (χ0) is 14.6. The van der Waals surface area contributed by atoms with Gasteiger partial charge in [-0.1, -0.05) is 23.7 Å². The van der Waals surface area contributed by atoms with Crippen molar-refractivity contribution in [2.75, 3.05) is 7.11 Å². The van der Waals surface area contributed by atoms with Crippen LogP contribution < -0.4 is 4.74 Å². The number of pyridine rings is 1. The highest BCUT2D eigenvalue weighted by atomic mass is 35.5. The summed E-state index contributed by atoms with van der Waals surface area (Å²) in [5, 5.41) is 3.37. The molecule has 2 aromatic carbocycles. The lowest BCUT2D eigenvalue weighted by Crippen LogP contribution is -1.88. The molecule has 0 radical (unpaired) electrons. The summed E-state index contributed by atoms with van der Waals surface area (Å²) in [6, 6.07) is 10.5. The quantitative estimate of drug-likeness (QED) is 0.438. The Kier molecular flexibility index (Phi) is 2.77. The Morgan fingerprint density at radius 3 is 2.86 bits per heavy atom. The standard InChI is InChI=1S/C16H9ClFNOS/c1-20-11-4-2-3-10-13-9-6-5-8(18)7-12(9)21-15(13)16(17)19-14(10)11/h2-7H,1H3. The molecule has 0 N–H and O–H groups in total. The average Bonchev–Trinajstić information content (AvgIpc) is 2.86. The van der Waals surface area contributed by atoms with Crippen molar-refractivity contribution in [2.24, 2.45) is 0 Å². The molecule has 4 aromatic rings. The first-order valence-electron chi connectivity index (χ1n) is 6.33. The first kappa shape index (κ1) is 12.8. The predicted octanol–water partition coefficient (Wildman–Crippen LogP) is 5.40. The van der Waals surface area contributed by atoms with Crippen LogP contribution in [0.4, 0.5) is 4.39 Å². The van der Waals surface area contributed by atoms with Crippen LogP contribution in [-0.2, 0) is 0 Å². The lowest BCUT2D eigenvalue weighted by atomic mass is 10.1. The molecule has 4 rings (SSSR count). The van der Waals surface area contributed by atoms with Gasteiger partial charge in [0.15, 0.2) is 0 Å². The van der Waals surface area contributed by atoms with Gasteiger partial charge >= 0.3 is 0 Å². The number of nitrogens with zero attached hydrogens (tertiary/aromatic N) is 1. The molecule has 0 bridgehead atoms. The number of fused-ring (bicyclic) bond motifs is 5. The Balaban J connectivity index is 2.30. The molecule has 0 unspecified atom stereocenters. The maximum Gasteiger partial charge on any atom is 0.147 e. The van der Waals surface area contributed by atoms with Gasteiger partial charge in [0.05, 0.1) is 11.8 Å². The van der Waals surface area contributed by atoms with Crippen LogP contribution in [0.2, 0.25) is 5.15 Å². The van der Waals surface area contributed by atoms with Crippen LogP contribution in [0.5, 0.6) is 5.75 Å². The summed E-state index contributed by atoms with van der Waals surface area (Å²) in [7, 11) is 1.61. The van der Waals surface area contributed by atoms with E-state index < -0.39 is 0 Å². The molecule has 0 aliphatic heterocycles. The van der Waals surface area contributed by atoms with Crippen molar-refractivity contribution in [3.8, 4) is 5.75 Å². The SMILES string of the molecule is COc1cccc2c1nc(Cl)c1sc3cc(F)ccc3c12. The highest BCUT2D eigenvalue weighted by Gasteiger charge is 2.15. The molecule has 0 amide bonds. The van der Waals surface area contributed by atoms with E-state index in [1.165, 1.54) is 23.5 Å². The van der Waals surface area contributed by atoms with Crippen molar-refractivity contribution in [1.29, 1.82) is 0 Å². The first-order chi connectivity index (χ1) is 10.2. The maximum absolute atomic E-state index is 13.4. The van der Waals surface area contributed by atoms with Crippen LogP contribution in [0.3, 0.4) is 0 Å². The number of thiophene rings is 1. The van der Waals surface area contributed by atoms with Crippen molar-refractivity contribution in [1.82, 2.24) is 4.98 Å². The fraction of sp³-hybridized carbons (Fsp3) is 0.0625. The van der Waals surface area contributed by atoms with Crippen molar-refractivity contribution in [3.05, 3.63) is 47.4 Å². The number of hydrogen-bond donors (Lipinski definition) is 0. The third-order valence-corrected chi connectivity index (χ3v) is 5.08. The molecule has 104 valence electrons. The summed E-state index contributed by atoms with van der Waals surface area (Å²) in [6.45, 7) is 0. The number of methoxy groups -OCH3 is 1. The molecule has 0 saturated carbocycles. The molecule has 0 aliphatic rings. The topological polar surface area (TPSA) is 22.1 Å². The van der Waals surface area contributed by atoms with Gasteiger partial charge in [-0.25, -0.2) is 9.37 Å². The van der Waals surface area contributed by atoms with Crippen molar-refractivity contribution in [2.45, 2.75) is 0 Å². The third kappa shape index (κ3) is 1.79. The van der Waals surface area contributed by atoms with Gasteiger partial charge in [0.1, 0.15) is 22.2 Å². The molecule has 0 fully saturated rings. The van der Waals surface area contributed by atoms with Gasteiger partial charge in [0, 0.05) is 20.9 Å². The van der Waals surface area contributed by atoms with E-state index in [0.29, 0.717) is 10.9 Å². The Labute approximate surface area is 128 Å². The summed E-state index contributed by atoms with van der Waals surface area (Å²) >= 11 is 7.78. The molecule has 0 spiro atoms. The Bertz CT molecular complexity index is 1010. The minimum absolute atomic E-state index is 0.250. The number of halogens is 2. The van der Waals surface area contributed by atoms with Crippen LogP contribution in [0.15, 0.2) is 36.4 Å². The van der Waals surface area contributed by atoms with E-state index in [-0.39, 0.29) is 5.82 Å². The van der Waals surface area contributed by atoms with Crippen LogP contribution >= 0.6 is 22.9 Å². The summed E-state index contributed by atoms with van der Waals surface area (Å²) in [5.74, 6) is 0.429. The fourth-order valence-corrected chi connectivity index (χ4v) is 4.05. The van der Waals surface area contributed by atoms with Crippen LogP contribution in [0, 0.1) is 5.82 Å². The van der Waals surface area contributed by atoms with E-state index in [2.05, 4.69) is 4.98 Å². The van der Waals surface area contributed by atoms with E-state index in [1.807, 2.05) is 18.2 Å². The summed E-state index contributed by atoms with van der Waals surface area (Å²) < 4.78 is 20.5. The molecule has 0 saturated heterocycles. The Hall–Kier alpha value is -1.91. The summed E-state index contributed by atoms with van der Waals surface area (Å²) in [6.07, 6.45) is 0. The van der Waals surface area contributed by atoms with E-state index in [4.69, 9.17) is 16.3 Å². The second-order valence-electron chi connectivity index (χ2n) is 4.71. The minimum atomic E-state index is -0.250. The van der Waals surface area contributed by atoms with E-state index in [1.54, 1.807) is 13.2 Å². The molecular weight excluding hydrogens is 309 g/mol. The smallest absolute Gasteiger partial charge is 0.147 e. The normalized spacial score (nSPS) is 11.6.